The average Bonchev–Trinajstić information content (AvgIpc) is 1.66. The van der Waals surface area contributed by atoms with Gasteiger partial charge in [0.2, 0.25) is 0 Å². The highest BCUT2D eigenvalue weighted by atomic mass is 79.9. The zero-order valence-electron chi connectivity index (χ0n) is 69.7. The summed E-state index contributed by atoms with van der Waals surface area (Å²) in [6, 6.07) is 145. The summed E-state index contributed by atoms with van der Waals surface area (Å²) in [5.74, 6) is 5.35. The Morgan fingerprint density at radius 2 is 0.381 bits per heavy atom. The summed E-state index contributed by atoms with van der Waals surface area (Å²) in [7, 11) is -0.380. The van der Waals surface area contributed by atoms with Gasteiger partial charge in [-0.2, -0.15) is 0 Å². The molecular weight excluding hydrogens is 1610 g/mol. The van der Waals surface area contributed by atoms with Crippen molar-refractivity contribution in [1.82, 2.24) is 49.8 Å². The van der Waals surface area contributed by atoms with Gasteiger partial charge in [0, 0.05) is 71.2 Å². The maximum Gasteiger partial charge on any atom is 0.494 e. The predicted octanol–water partition coefficient (Wildman–Crippen LogP) is 27.4. The second kappa shape index (κ2) is 36.0. The van der Waals surface area contributed by atoms with Gasteiger partial charge >= 0.3 is 7.12 Å². The van der Waals surface area contributed by atoms with Crippen molar-refractivity contribution in [2.75, 3.05) is 0 Å². The summed E-state index contributed by atoms with van der Waals surface area (Å²) < 4.78 is 13.5. The van der Waals surface area contributed by atoms with Crippen molar-refractivity contribution in [3.8, 4) is 170 Å². The molecule has 0 aliphatic carbocycles. The van der Waals surface area contributed by atoms with E-state index in [-0.39, 0.29) is 18.3 Å². The Morgan fingerprint density at radius 3 is 0.659 bits per heavy atom. The van der Waals surface area contributed by atoms with Crippen molar-refractivity contribution in [2.45, 2.75) is 38.9 Å². The highest BCUT2D eigenvalue weighted by Crippen LogP contribution is 2.40. The van der Waals surface area contributed by atoms with E-state index in [4.69, 9.17) is 59.1 Å². The van der Waals surface area contributed by atoms with E-state index < -0.39 is 0 Å². The Balaban J connectivity index is 0.000000131. The van der Waals surface area contributed by atoms with Crippen LogP contribution in [0.2, 0.25) is 0 Å². The van der Waals surface area contributed by atoms with Crippen LogP contribution in [0, 0.1) is 0 Å². The lowest BCUT2D eigenvalue weighted by atomic mass is 9.79. The molecule has 12 nitrogen and oxygen atoms in total. The molecule has 4 aromatic heterocycles. The predicted molar refractivity (Wildman–Crippen MR) is 517 cm³/mol. The van der Waals surface area contributed by atoms with Gasteiger partial charge in [0.1, 0.15) is 0 Å². The third-order valence-corrected chi connectivity index (χ3v) is 23.4. The maximum atomic E-state index is 6.20. The first-order valence-corrected chi connectivity index (χ1v) is 42.8. The summed E-state index contributed by atoms with van der Waals surface area (Å²) >= 11 is 3.57. The number of aromatic nitrogens is 10. The molecule has 5 heterocycles. The molecule has 1 fully saturated rings. The van der Waals surface area contributed by atoms with Crippen LogP contribution in [0.25, 0.3) is 191 Å². The summed E-state index contributed by atoms with van der Waals surface area (Å²) in [5.41, 5.74) is 22.6. The number of benzene rings is 16. The molecule has 126 heavy (non-hydrogen) atoms. The number of fused-ring (bicyclic) bond motifs is 2. The molecule has 0 unspecified atom stereocenters. The minimum absolute atomic E-state index is 0.363. The van der Waals surface area contributed by atoms with Crippen LogP contribution in [-0.4, -0.2) is 68.2 Å². The molecule has 0 saturated carbocycles. The van der Waals surface area contributed by atoms with E-state index in [9.17, 15) is 0 Å². The quantitative estimate of drug-likeness (QED) is 0.0848. The highest BCUT2D eigenvalue weighted by Gasteiger charge is 2.51. The minimum atomic E-state index is -0.380. The molecule has 0 amide bonds. The first kappa shape index (κ1) is 80.4. The maximum absolute atomic E-state index is 6.20. The lowest BCUT2D eigenvalue weighted by Gasteiger charge is -2.32. The molecule has 1 saturated heterocycles. The Labute approximate surface area is 741 Å². The second-order valence-corrected chi connectivity index (χ2v) is 32.8. The molecule has 20 aromatic rings. The van der Waals surface area contributed by atoms with Crippen molar-refractivity contribution in [3.63, 3.8) is 0 Å². The monoisotopic (exact) mass is 1690 g/mol. The SMILES string of the molecule is Brc1ccc2ccc(-c3ccc(-c4nc(-c5ccccc5)nc(-c5ccccc5)n4)cc3)cc2c1.CC1(C)OB(c2ccc(-c3cc(-c4ccccc4)nc(-c4ccccc4)n3)cc2)OC1(C)C.c1ccc(-c2cc(-c3ccc(-c4ccc5ccc(-c6ccc(-c7nc(-c8ccccc8)nc(-c8ccccc8)n7)cc6)cc5c4)cc3)nc(-c3ccccc3)n2)cc1. The number of rotatable bonds is 16. The third-order valence-electron chi connectivity index (χ3n) is 22.9. The molecule has 0 radical (unpaired) electrons. The molecule has 16 aromatic carbocycles. The molecule has 0 bridgehead atoms. The van der Waals surface area contributed by atoms with Crippen molar-refractivity contribution in [2.24, 2.45) is 0 Å². The van der Waals surface area contributed by atoms with E-state index in [1.807, 2.05) is 212 Å². The minimum Gasteiger partial charge on any atom is -0.399 e. The summed E-state index contributed by atoms with van der Waals surface area (Å²) in [6.45, 7) is 8.27. The van der Waals surface area contributed by atoms with Gasteiger partial charge in [-0.15, -0.1) is 0 Å². The van der Waals surface area contributed by atoms with Crippen molar-refractivity contribution < 1.29 is 9.31 Å². The smallest absolute Gasteiger partial charge is 0.399 e. The molecule has 602 valence electrons. The van der Waals surface area contributed by atoms with Gasteiger partial charge in [-0.1, -0.05) is 398 Å². The summed E-state index contributed by atoms with van der Waals surface area (Å²) in [5, 5.41) is 4.80. The van der Waals surface area contributed by atoms with E-state index >= 15 is 0 Å². The normalized spacial score (nSPS) is 12.5. The van der Waals surface area contributed by atoms with Gasteiger partial charge < -0.3 is 9.31 Å². The Hall–Kier alpha value is -15.3. The topological polar surface area (TPSA) is 147 Å². The van der Waals surface area contributed by atoms with Gasteiger partial charge in [-0.3, -0.25) is 0 Å². The van der Waals surface area contributed by atoms with Gasteiger partial charge in [-0.25, -0.2) is 49.8 Å². The van der Waals surface area contributed by atoms with Crippen LogP contribution < -0.4 is 5.46 Å². The van der Waals surface area contributed by atoms with Crippen LogP contribution in [-0.2, 0) is 9.31 Å². The molecule has 1 aliphatic rings. The summed E-state index contributed by atoms with van der Waals surface area (Å²) in [6.07, 6.45) is 0. The number of hydrogen-bond donors (Lipinski definition) is 0. The van der Waals surface area contributed by atoms with E-state index in [0.717, 1.165) is 127 Å². The van der Waals surface area contributed by atoms with Crippen LogP contribution in [0.4, 0.5) is 0 Å². The number of nitrogens with zero attached hydrogens (tertiary/aromatic N) is 10. The van der Waals surface area contributed by atoms with E-state index in [1.165, 1.54) is 27.1 Å². The lowest BCUT2D eigenvalue weighted by molar-refractivity contribution is 0.00578. The van der Waals surface area contributed by atoms with Gasteiger partial charge in [-0.05, 0) is 131 Å². The van der Waals surface area contributed by atoms with Crippen molar-refractivity contribution in [1.29, 1.82) is 0 Å². The largest absolute Gasteiger partial charge is 0.494 e. The molecular formula is C112H82BBrN10O2. The second-order valence-electron chi connectivity index (χ2n) is 31.9. The van der Waals surface area contributed by atoms with Gasteiger partial charge in [0.25, 0.3) is 0 Å². The highest BCUT2D eigenvalue weighted by molar-refractivity contribution is 9.10. The van der Waals surface area contributed by atoms with Gasteiger partial charge in [0.05, 0.1) is 34.0 Å². The third kappa shape index (κ3) is 18.1. The Bertz CT molecular complexity index is 6770. The number of halogens is 1. The molecule has 0 atom stereocenters. The van der Waals surface area contributed by atoms with Gasteiger partial charge in [0.15, 0.2) is 46.6 Å². The fraction of sp³-hybridized carbons (Fsp3) is 0.0536. The lowest BCUT2D eigenvalue weighted by Crippen LogP contribution is -2.41. The van der Waals surface area contributed by atoms with Crippen LogP contribution in [0.1, 0.15) is 27.7 Å². The van der Waals surface area contributed by atoms with E-state index in [0.29, 0.717) is 46.6 Å². The fourth-order valence-corrected chi connectivity index (χ4v) is 15.6. The average molecular weight is 1690 g/mol. The zero-order chi connectivity index (χ0) is 85.3. The summed E-state index contributed by atoms with van der Waals surface area (Å²) in [4.78, 5) is 48.8. The molecule has 14 heteroatoms. The van der Waals surface area contributed by atoms with E-state index in [2.05, 4.69) is 256 Å². The Morgan fingerprint density at radius 1 is 0.183 bits per heavy atom. The van der Waals surface area contributed by atoms with Crippen molar-refractivity contribution >= 4 is 50.1 Å². The first-order valence-electron chi connectivity index (χ1n) is 42.0. The zero-order valence-corrected chi connectivity index (χ0v) is 71.2. The number of hydrogen-bond acceptors (Lipinski definition) is 12. The standard InChI is InChI=1S/C53H35N5.C31H20BrN3.C28H27BN2O2/c1-5-13-39(14-6-1)48-35-49(55-50(54-48)41-15-7-2-8-16-41)40-27-21-36(22-28-40)45-31-25-38-26-32-46(34-47(38)33-45)37-23-29-44(30-24-37)53-57-51(42-17-9-3-10-18-42)56-52(58-53)43-19-11-4-12-20-43;32-28-18-17-22-13-16-26(19-27(22)20-28)21-11-14-25(15-12-21)31-34-29(23-7-3-1-4-8-23)33-30(35-31)24-9-5-2-6-10-24;1-27(2)28(3,4)33-29(32-27)23-17-15-21(16-18-23)25-19-24(20-11-7-5-8-12-20)30-26(31-25)22-13-9-6-10-14-22/h1-35H;1-20H;5-19H,1-4H3. The molecule has 0 N–H and O–H groups in total. The van der Waals surface area contributed by atoms with Crippen LogP contribution in [0.5, 0.6) is 0 Å². The molecule has 1 aliphatic heterocycles. The van der Waals surface area contributed by atoms with E-state index in [1.54, 1.807) is 0 Å². The molecule has 0 spiro atoms. The molecule has 21 rings (SSSR count). The van der Waals surface area contributed by atoms with Crippen LogP contribution in [0.3, 0.4) is 0 Å². The fourth-order valence-electron chi connectivity index (χ4n) is 15.3. The van der Waals surface area contributed by atoms with Crippen molar-refractivity contribution in [3.05, 3.63) is 429 Å². The Kier molecular flexibility index (Phi) is 23.0. The first-order chi connectivity index (χ1) is 61.7. The van der Waals surface area contributed by atoms with Crippen LogP contribution >= 0.6 is 15.9 Å². The van der Waals surface area contributed by atoms with Crippen LogP contribution in [0.15, 0.2) is 429 Å².